The highest BCUT2D eigenvalue weighted by Gasteiger charge is 2.48. The van der Waals surface area contributed by atoms with Crippen molar-refractivity contribution in [3.8, 4) is 0 Å². The maximum atomic E-state index is 10.9. The van der Waals surface area contributed by atoms with Crippen molar-refractivity contribution in [1.29, 1.82) is 0 Å². The van der Waals surface area contributed by atoms with Crippen molar-refractivity contribution < 1.29 is 14.7 Å². The Balaban J connectivity index is 2.65. The highest BCUT2D eigenvalue weighted by atomic mass is 16.7. The molecule has 76 valence electrons. The highest BCUT2D eigenvalue weighted by molar-refractivity contribution is 5.65. The smallest absolute Gasteiger partial charge is 0.432 e. The molecule has 0 spiro atoms. The maximum Gasteiger partial charge on any atom is 0.432 e. The summed E-state index contributed by atoms with van der Waals surface area (Å²) < 4.78 is 0. The molecule has 1 fully saturated rings. The average Bonchev–Trinajstić information content (AvgIpc) is 2.62. The van der Waals surface area contributed by atoms with E-state index >= 15 is 0 Å². The van der Waals surface area contributed by atoms with Crippen LogP contribution in [-0.4, -0.2) is 27.4 Å². The molecule has 0 atom stereocenters. The third kappa shape index (κ3) is 2.59. The first kappa shape index (κ1) is 10.3. The van der Waals surface area contributed by atoms with Gasteiger partial charge in [-0.3, -0.25) is 4.84 Å². The molecule has 1 saturated carbocycles. The van der Waals surface area contributed by atoms with Gasteiger partial charge in [0.25, 0.3) is 0 Å². The Hall–Kier alpha value is -0.770. The van der Waals surface area contributed by atoms with Gasteiger partial charge in [-0.05, 0) is 40.5 Å². The average molecular weight is 187 g/mol. The van der Waals surface area contributed by atoms with E-state index in [9.17, 15) is 4.79 Å². The van der Waals surface area contributed by atoms with Gasteiger partial charge in [0.2, 0.25) is 0 Å². The van der Waals surface area contributed by atoms with Crippen LogP contribution in [0.1, 0.15) is 40.5 Å². The molecule has 13 heavy (non-hydrogen) atoms. The molecule has 0 aliphatic heterocycles. The van der Waals surface area contributed by atoms with Crippen molar-refractivity contribution in [2.24, 2.45) is 0 Å². The molecule has 4 nitrogen and oxygen atoms in total. The number of hydrogen-bond acceptors (Lipinski definition) is 2. The van der Waals surface area contributed by atoms with Gasteiger partial charge >= 0.3 is 6.09 Å². The number of amides is 1. The first-order valence-corrected chi connectivity index (χ1v) is 4.47. The second kappa shape index (κ2) is 2.87. The number of carboxylic acid groups (broad SMARTS) is 1. The Morgan fingerprint density at radius 3 is 2.15 bits per heavy atom. The van der Waals surface area contributed by atoms with Crippen LogP contribution >= 0.6 is 0 Å². The van der Waals surface area contributed by atoms with Crippen LogP contribution in [0.2, 0.25) is 0 Å². The largest absolute Gasteiger partial charge is 0.463 e. The lowest BCUT2D eigenvalue weighted by Crippen LogP contribution is -2.44. The van der Waals surface area contributed by atoms with E-state index in [2.05, 4.69) is 0 Å². The predicted molar refractivity (Wildman–Crippen MR) is 48.3 cm³/mol. The van der Waals surface area contributed by atoms with E-state index in [-0.39, 0.29) is 5.54 Å². The van der Waals surface area contributed by atoms with Crippen LogP contribution in [0.15, 0.2) is 0 Å². The summed E-state index contributed by atoms with van der Waals surface area (Å²) in [6.07, 6.45) is 0.764. The quantitative estimate of drug-likeness (QED) is 0.674. The second-order valence-corrected chi connectivity index (χ2v) is 4.78. The van der Waals surface area contributed by atoms with Gasteiger partial charge in [-0.2, -0.15) is 5.06 Å². The van der Waals surface area contributed by atoms with Crippen molar-refractivity contribution in [2.45, 2.75) is 51.7 Å². The van der Waals surface area contributed by atoms with E-state index < -0.39 is 11.7 Å². The Kier molecular flexibility index (Phi) is 2.28. The van der Waals surface area contributed by atoms with Gasteiger partial charge in [0.15, 0.2) is 0 Å². The first-order valence-electron chi connectivity index (χ1n) is 4.47. The number of hydroxylamine groups is 2. The van der Waals surface area contributed by atoms with E-state index in [0.717, 1.165) is 17.9 Å². The molecule has 0 unspecified atom stereocenters. The predicted octanol–water partition coefficient (Wildman–Crippen LogP) is 2.25. The molecule has 0 saturated heterocycles. The summed E-state index contributed by atoms with van der Waals surface area (Å²) in [5.41, 5.74) is -0.747. The Labute approximate surface area is 78.4 Å². The number of carbonyl (C=O) groups is 1. The Morgan fingerprint density at radius 1 is 1.46 bits per heavy atom. The van der Waals surface area contributed by atoms with E-state index in [0.29, 0.717) is 0 Å². The van der Waals surface area contributed by atoms with E-state index in [1.807, 2.05) is 27.7 Å². The van der Waals surface area contributed by atoms with Crippen molar-refractivity contribution in [3.05, 3.63) is 0 Å². The van der Waals surface area contributed by atoms with Gasteiger partial charge in [0.05, 0.1) is 11.1 Å². The fraction of sp³-hybridized carbons (Fsp3) is 0.889. The zero-order chi connectivity index (χ0) is 10.3. The standard InChI is InChI=1S/C9H17NO3/c1-8(2,3)13-10(7(11)12)9(4)5-6-9/h5-6H2,1-4H3,(H,11,12). The van der Waals surface area contributed by atoms with Crippen LogP contribution in [0.4, 0.5) is 4.79 Å². The Morgan fingerprint density at radius 2 is 1.92 bits per heavy atom. The third-order valence-corrected chi connectivity index (χ3v) is 2.00. The van der Waals surface area contributed by atoms with Crippen LogP contribution in [0.5, 0.6) is 0 Å². The summed E-state index contributed by atoms with van der Waals surface area (Å²) in [6, 6.07) is 0. The minimum atomic E-state index is -1.00. The highest BCUT2D eigenvalue weighted by Crippen LogP contribution is 2.42. The van der Waals surface area contributed by atoms with Crippen LogP contribution in [0.25, 0.3) is 0 Å². The molecule has 0 heterocycles. The van der Waals surface area contributed by atoms with Crippen molar-refractivity contribution in [2.75, 3.05) is 0 Å². The topological polar surface area (TPSA) is 49.8 Å². The SMILES string of the molecule is CC(C)(C)ON(C(=O)O)C1(C)CC1. The zero-order valence-electron chi connectivity index (χ0n) is 8.63. The third-order valence-electron chi connectivity index (χ3n) is 2.00. The molecule has 4 heteroatoms. The molecule has 1 amide bonds. The molecule has 0 bridgehead atoms. The van der Waals surface area contributed by atoms with Gasteiger partial charge in [-0.15, -0.1) is 0 Å². The van der Waals surface area contributed by atoms with Crippen LogP contribution in [0, 0.1) is 0 Å². The van der Waals surface area contributed by atoms with E-state index in [4.69, 9.17) is 9.94 Å². The molecule has 1 rings (SSSR count). The summed E-state index contributed by atoms with van der Waals surface area (Å²) in [7, 11) is 0. The molecule has 1 N–H and O–H groups in total. The van der Waals surface area contributed by atoms with Crippen LogP contribution in [0.3, 0.4) is 0 Å². The van der Waals surface area contributed by atoms with Gasteiger partial charge < -0.3 is 5.11 Å². The van der Waals surface area contributed by atoms with Crippen molar-refractivity contribution in [3.63, 3.8) is 0 Å². The van der Waals surface area contributed by atoms with Crippen molar-refractivity contribution in [1.82, 2.24) is 5.06 Å². The number of hydrogen-bond donors (Lipinski definition) is 1. The maximum absolute atomic E-state index is 10.9. The number of rotatable bonds is 2. The van der Waals surface area contributed by atoms with E-state index in [1.54, 1.807) is 0 Å². The molecular weight excluding hydrogens is 170 g/mol. The van der Waals surface area contributed by atoms with Crippen LogP contribution < -0.4 is 0 Å². The zero-order valence-corrected chi connectivity index (χ0v) is 8.63. The van der Waals surface area contributed by atoms with E-state index in [1.165, 1.54) is 0 Å². The van der Waals surface area contributed by atoms with Gasteiger partial charge in [-0.1, -0.05) is 0 Å². The van der Waals surface area contributed by atoms with Crippen molar-refractivity contribution >= 4 is 6.09 Å². The molecule has 0 radical (unpaired) electrons. The summed E-state index contributed by atoms with van der Waals surface area (Å²) in [6.45, 7) is 7.42. The Bertz CT molecular complexity index is 215. The fourth-order valence-corrected chi connectivity index (χ4v) is 1.04. The summed E-state index contributed by atoms with van der Waals surface area (Å²) in [5.74, 6) is 0. The molecule has 0 aromatic rings. The van der Waals surface area contributed by atoms with Crippen LogP contribution in [-0.2, 0) is 4.84 Å². The van der Waals surface area contributed by atoms with Gasteiger partial charge in [-0.25, -0.2) is 4.79 Å². The normalized spacial score (nSPS) is 19.7. The molecular formula is C9H17NO3. The minimum absolute atomic E-state index is 0.293. The van der Waals surface area contributed by atoms with Gasteiger partial charge in [0, 0.05) is 0 Å². The molecule has 0 aromatic heterocycles. The summed E-state index contributed by atoms with van der Waals surface area (Å²) in [4.78, 5) is 16.2. The molecule has 0 aromatic carbocycles. The fourth-order valence-electron chi connectivity index (χ4n) is 1.04. The molecule has 1 aliphatic carbocycles. The minimum Gasteiger partial charge on any atom is -0.463 e. The second-order valence-electron chi connectivity index (χ2n) is 4.78. The summed E-state index contributed by atoms with van der Waals surface area (Å²) >= 11 is 0. The molecule has 1 aliphatic rings. The first-order chi connectivity index (χ1) is 5.75. The number of nitrogens with zero attached hydrogens (tertiary/aromatic N) is 1. The lowest BCUT2D eigenvalue weighted by Gasteiger charge is -2.31. The van der Waals surface area contributed by atoms with Gasteiger partial charge in [0.1, 0.15) is 0 Å². The lowest BCUT2D eigenvalue weighted by atomic mass is 10.2. The lowest BCUT2D eigenvalue weighted by molar-refractivity contribution is -0.226. The monoisotopic (exact) mass is 187 g/mol. The summed E-state index contributed by atoms with van der Waals surface area (Å²) in [5, 5.41) is 10.0.